The van der Waals surface area contributed by atoms with Crippen molar-refractivity contribution in [1.29, 1.82) is 0 Å². The summed E-state index contributed by atoms with van der Waals surface area (Å²) < 4.78 is 7.95. The van der Waals surface area contributed by atoms with E-state index in [9.17, 15) is 4.79 Å². The smallest absolute Gasteiger partial charge is 0.275 e. The van der Waals surface area contributed by atoms with Gasteiger partial charge in [-0.15, -0.1) is 0 Å². The Hall–Kier alpha value is -3.48. The van der Waals surface area contributed by atoms with Crippen molar-refractivity contribution in [3.63, 3.8) is 0 Å². The molecule has 0 spiro atoms. The standard InChI is InChI=1S/C26H22Cl2N4O2/c1-2-10-29-32-14-19(25-26(33)31-23-13-21(28)20(27)12-22(23)30-25)18-9-8-17(11-24(18)32)34-15-16-6-4-3-5-7-16/h3-9,11-14,29H,2,10,15H2,1H3,(H,31,33). The molecule has 0 unspecified atom stereocenters. The molecule has 0 saturated heterocycles. The van der Waals surface area contributed by atoms with Gasteiger partial charge in [0.15, 0.2) is 0 Å². The van der Waals surface area contributed by atoms with Crippen LogP contribution in [-0.2, 0) is 6.61 Å². The van der Waals surface area contributed by atoms with E-state index in [2.05, 4.69) is 22.3 Å². The second-order valence-electron chi connectivity index (χ2n) is 7.97. The number of fused-ring (bicyclic) bond motifs is 2. The SMILES string of the molecule is CCCNn1cc(-c2nc3cc(Cl)c(Cl)cc3[nH]c2=O)c2ccc(OCc3ccccc3)cc21. The highest BCUT2D eigenvalue weighted by atomic mass is 35.5. The van der Waals surface area contributed by atoms with Crippen LogP contribution in [0.2, 0.25) is 10.0 Å². The number of hydrogen-bond acceptors (Lipinski definition) is 4. The first-order chi connectivity index (χ1) is 16.5. The molecule has 5 aromatic rings. The summed E-state index contributed by atoms with van der Waals surface area (Å²) in [4.78, 5) is 20.5. The van der Waals surface area contributed by atoms with Gasteiger partial charge in [0.25, 0.3) is 5.56 Å². The summed E-state index contributed by atoms with van der Waals surface area (Å²) in [5.74, 6) is 0.738. The molecule has 34 heavy (non-hydrogen) atoms. The first kappa shape index (κ1) is 22.3. The van der Waals surface area contributed by atoms with Gasteiger partial charge in [-0.1, -0.05) is 60.5 Å². The summed E-state index contributed by atoms with van der Waals surface area (Å²) >= 11 is 12.3. The van der Waals surface area contributed by atoms with Gasteiger partial charge in [-0.05, 0) is 36.2 Å². The van der Waals surface area contributed by atoms with E-state index in [1.165, 1.54) is 0 Å². The fraction of sp³-hybridized carbons (Fsp3) is 0.154. The topological polar surface area (TPSA) is 71.9 Å². The van der Waals surface area contributed by atoms with Crippen LogP contribution in [0, 0.1) is 0 Å². The zero-order chi connectivity index (χ0) is 23.7. The number of nitrogens with one attached hydrogen (secondary N) is 2. The average molecular weight is 493 g/mol. The van der Waals surface area contributed by atoms with Crippen LogP contribution in [0.15, 0.2) is 71.7 Å². The molecule has 2 N–H and O–H groups in total. The van der Waals surface area contributed by atoms with Crippen LogP contribution in [0.1, 0.15) is 18.9 Å². The molecule has 172 valence electrons. The molecule has 5 rings (SSSR count). The van der Waals surface area contributed by atoms with Gasteiger partial charge >= 0.3 is 0 Å². The molecule has 0 aliphatic carbocycles. The lowest BCUT2D eigenvalue weighted by Crippen LogP contribution is -2.14. The van der Waals surface area contributed by atoms with Crippen molar-refractivity contribution in [2.75, 3.05) is 12.0 Å². The van der Waals surface area contributed by atoms with E-state index in [0.29, 0.717) is 38.9 Å². The Bertz CT molecular complexity index is 1540. The third kappa shape index (κ3) is 4.34. The van der Waals surface area contributed by atoms with Crippen molar-refractivity contribution in [1.82, 2.24) is 14.6 Å². The number of halogens is 2. The van der Waals surface area contributed by atoms with E-state index in [-0.39, 0.29) is 5.56 Å². The first-order valence-corrected chi connectivity index (χ1v) is 11.7. The molecule has 0 saturated carbocycles. The summed E-state index contributed by atoms with van der Waals surface area (Å²) in [5.41, 5.74) is 7.19. The normalized spacial score (nSPS) is 11.3. The molecule has 3 aromatic carbocycles. The van der Waals surface area contributed by atoms with Gasteiger partial charge in [0.1, 0.15) is 18.1 Å². The van der Waals surface area contributed by atoms with Gasteiger partial charge in [0.05, 0.1) is 26.6 Å². The maximum atomic E-state index is 13.0. The number of hydrogen-bond donors (Lipinski definition) is 2. The van der Waals surface area contributed by atoms with Crippen LogP contribution in [0.3, 0.4) is 0 Å². The zero-order valence-electron chi connectivity index (χ0n) is 18.4. The summed E-state index contributed by atoms with van der Waals surface area (Å²) in [6, 6.07) is 19.1. The molecule has 8 heteroatoms. The molecule has 0 aliphatic heterocycles. The molecule has 0 atom stereocenters. The molecule has 0 fully saturated rings. The van der Waals surface area contributed by atoms with Crippen molar-refractivity contribution < 1.29 is 4.74 Å². The molecule has 0 amide bonds. The molecular weight excluding hydrogens is 471 g/mol. The lowest BCUT2D eigenvalue weighted by atomic mass is 10.1. The van der Waals surface area contributed by atoms with Gasteiger partial charge in [0, 0.05) is 29.8 Å². The first-order valence-electron chi connectivity index (χ1n) is 11.0. The second-order valence-corrected chi connectivity index (χ2v) is 8.79. The molecule has 2 heterocycles. The molecule has 2 aromatic heterocycles. The van der Waals surface area contributed by atoms with E-state index in [0.717, 1.165) is 35.2 Å². The lowest BCUT2D eigenvalue weighted by Gasteiger charge is -2.10. The minimum absolute atomic E-state index is 0.301. The van der Waals surface area contributed by atoms with Gasteiger partial charge < -0.3 is 15.1 Å². The Morgan fingerprint density at radius 2 is 1.85 bits per heavy atom. The third-order valence-corrected chi connectivity index (χ3v) is 6.27. The molecular formula is C26H22Cl2N4O2. The van der Waals surface area contributed by atoms with Crippen molar-refractivity contribution in [2.24, 2.45) is 0 Å². The Morgan fingerprint density at radius 3 is 2.65 bits per heavy atom. The van der Waals surface area contributed by atoms with E-state index >= 15 is 0 Å². The fourth-order valence-corrected chi connectivity index (χ4v) is 4.17. The molecule has 0 radical (unpaired) electrons. The Kier molecular flexibility index (Phi) is 6.18. The second kappa shape index (κ2) is 9.41. The quantitative estimate of drug-likeness (QED) is 0.276. The number of benzene rings is 3. The summed E-state index contributed by atoms with van der Waals surface area (Å²) in [6.45, 7) is 3.34. The summed E-state index contributed by atoms with van der Waals surface area (Å²) in [7, 11) is 0. The van der Waals surface area contributed by atoms with Gasteiger partial charge in [-0.2, -0.15) is 0 Å². The Balaban J connectivity index is 1.59. The molecule has 0 aliphatic rings. The highest BCUT2D eigenvalue weighted by Gasteiger charge is 2.17. The van der Waals surface area contributed by atoms with E-state index in [4.69, 9.17) is 27.9 Å². The van der Waals surface area contributed by atoms with E-state index < -0.39 is 0 Å². The Labute approximate surface area is 206 Å². The summed E-state index contributed by atoms with van der Waals surface area (Å²) in [5, 5.41) is 1.63. The van der Waals surface area contributed by atoms with Crippen LogP contribution in [0.25, 0.3) is 33.2 Å². The number of H-pyrrole nitrogens is 1. The van der Waals surface area contributed by atoms with Gasteiger partial charge in [-0.25, -0.2) is 4.98 Å². The number of ether oxygens (including phenoxy) is 1. The van der Waals surface area contributed by atoms with Gasteiger partial charge in [-0.3, -0.25) is 9.47 Å². The number of aromatic amines is 1. The molecule has 0 bridgehead atoms. The minimum Gasteiger partial charge on any atom is -0.489 e. The monoisotopic (exact) mass is 492 g/mol. The summed E-state index contributed by atoms with van der Waals surface area (Å²) in [6.07, 6.45) is 2.84. The Morgan fingerprint density at radius 1 is 1.06 bits per heavy atom. The predicted octanol–water partition coefficient (Wildman–Crippen LogP) is 6.38. The van der Waals surface area contributed by atoms with Crippen LogP contribution in [0.5, 0.6) is 5.75 Å². The number of aromatic nitrogens is 3. The van der Waals surface area contributed by atoms with Crippen molar-refractivity contribution in [2.45, 2.75) is 20.0 Å². The highest BCUT2D eigenvalue weighted by Crippen LogP contribution is 2.32. The highest BCUT2D eigenvalue weighted by molar-refractivity contribution is 6.42. The van der Waals surface area contributed by atoms with E-state index in [1.807, 2.05) is 59.4 Å². The number of nitrogens with zero attached hydrogens (tertiary/aromatic N) is 2. The van der Waals surface area contributed by atoms with Crippen LogP contribution >= 0.6 is 23.2 Å². The van der Waals surface area contributed by atoms with Crippen LogP contribution < -0.4 is 15.7 Å². The van der Waals surface area contributed by atoms with Crippen molar-refractivity contribution in [3.05, 3.63) is 92.8 Å². The van der Waals surface area contributed by atoms with Crippen molar-refractivity contribution >= 4 is 45.1 Å². The predicted molar refractivity (Wildman–Crippen MR) is 139 cm³/mol. The third-order valence-electron chi connectivity index (χ3n) is 5.55. The van der Waals surface area contributed by atoms with Crippen molar-refractivity contribution in [3.8, 4) is 17.0 Å². The van der Waals surface area contributed by atoms with E-state index in [1.54, 1.807) is 12.1 Å². The van der Waals surface area contributed by atoms with Crippen LogP contribution in [-0.4, -0.2) is 21.2 Å². The maximum absolute atomic E-state index is 13.0. The van der Waals surface area contributed by atoms with Crippen LogP contribution in [0.4, 0.5) is 0 Å². The zero-order valence-corrected chi connectivity index (χ0v) is 20.0. The average Bonchev–Trinajstić information content (AvgIpc) is 3.20. The lowest BCUT2D eigenvalue weighted by molar-refractivity contribution is 0.306. The number of rotatable bonds is 7. The minimum atomic E-state index is -0.301. The largest absolute Gasteiger partial charge is 0.489 e. The van der Waals surface area contributed by atoms with Gasteiger partial charge in [0.2, 0.25) is 0 Å². The molecule has 6 nitrogen and oxygen atoms in total. The maximum Gasteiger partial charge on any atom is 0.275 e. The fourth-order valence-electron chi connectivity index (χ4n) is 3.85.